The van der Waals surface area contributed by atoms with Crippen molar-refractivity contribution in [3.8, 4) is 0 Å². The number of nitrogens with zero attached hydrogens (tertiary/aromatic N) is 3. The highest BCUT2D eigenvalue weighted by atomic mass is 16.6. The van der Waals surface area contributed by atoms with E-state index in [4.69, 9.17) is 0 Å². The van der Waals surface area contributed by atoms with Gasteiger partial charge < -0.3 is 10.6 Å². The maximum atomic E-state index is 10.9. The molecule has 2 N–H and O–H groups in total. The van der Waals surface area contributed by atoms with Gasteiger partial charge in [-0.15, -0.1) is 0 Å². The van der Waals surface area contributed by atoms with Gasteiger partial charge in [-0.1, -0.05) is 18.6 Å². The number of nitrogens with one attached hydrogen (secondary N) is 2. The van der Waals surface area contributed by atoms with E-state index >= 15 is 0 Å². The Bertz CT molecular complexity index is 609. The number of nitro benzene ring substituents is 1. The predicted molar refractivity (Wildman–Crippen MR) is 101 cm³/mol. The second kappa shape index (κ2) is 8.80. The van der Waals surface area contributed by atoms with Crippen molar-refractivity contribution in [1.82, 2.24) is 15.5 Å². The van der Waals surface area contributed by atoms with Crippen LogP contribution in [0.1, 0.15) is 38.7 Å². The zero-order chi connectivity index (χ0) is 18.3. The Balaban J connectivity index is 1.86. The second-order valence-corrected chi connectivity index (χ2v) is 7.07. The number of hydrogen-bond acceptors (Lipinski definition) is 4. The first kappa shape index (κ1) is 19.2. The van der Waals surface area contributed by atoms with E-state index in [0.29, 0.717) is 12.5 Å². The first-order valence-electron chi connectivity index (χ1n) is 8.85. The van der Waals surface area contributed by atoms with E-state index in [1.165, 1.54) is 25.3 Å². The highest BCUT2D eigenvalue weighted by molar-refractivity contribution is 5.79. The van der Waals surface area contributed by atoms with Crippen molar-refractivity contribution in [3.63, 3.8) is 0 Å². The van der Waals surface area contributed by atoms with Crippen molar-refractivity contribution >= 4 is 11.6 Å². The molecule has 138 valence electrons. The van der Waals surface area contributed by atoms with Crippen LogP contribution in [-0.2, 0) is 6.54 Å². The smallest absolute Gasteiger partial charge is 0.269 e. The molecule has 1 aliphatic heterocycles. The van der Waals surface area contributed by atoms with E-state index in [0.717, 1.165) is 25.2 Å². The minimum Gasteiger partial charge on any atom is -0.355 e. The molecule has 0 bridgehead atoms. The Hall–Kier alpha value is -2.15. The molecule has 0 spiro atoms. The average molecular weight is 347 g/mol. The van der Waals surface area contributed by atoms with Gasteiger partial charge in [-0.05, 0) is 45.3 Å². The van der Waals surface area contributed by atoms with E-state index in [-0.39, 0.29) is 16.1 Å². The van der Waals surface area contributed by atoms with Crippen LogP contribution >= 0.6 is 0 Å². The Morgan fingerprint density at radius 3 is 2.64 bits per heavy atom. The molecule has 0 aliphatic carbocycles. The van der Waals surface area contributed by atoms with Gasteiger partial charge in [0.25, 0.3) is 5.69 Å². The highest BCUT2D eigenvalue weighted by Crippen LogP contribution is 2.19. The van der Waals surface area contributed by atoms with Crippen molar-refractivity contribution < 1.29 is 4.92 Å². The van der Waals surface area contributed by atoms with E-state index in [1.807, 2.05) is 6.07 Å². The third-order valence-corrected chi connectivity index (χ3v) is 4.71. The number of non-ortho nitro benzene ring substituents is 1. The number of nitro groups is 1. The van der Waals surface area contributed by atoms with Gasteiger partial charge in [-0.3, -0.25) is 20.0 Å². The zero-order valence-corrected chi connectivity index (χ0v) is 15.4. The summed E-state index contributed by atoms with van der Waals surface area (Å²) in [5, 5.41) is 17.5. The lowest BCUT2D eigenvalue weighted by Crippen LogP contribution is -2.54. The molecule has 1 heterocycles. The predicted octanol–water partition coefficient (Wildman–Crippen LogP) is 2.52. The number of guanidine groups is 1. The first-order chi connectivity index (χ1) is 11.9. The van der Waals surface area contributed by atoms with Crippen LogP contribution in [0.5, 0.6) is 0 Å². The summed E-state index contributed by atoms with van der Waals surface area (Å²) in [6.45, 7) is 8.08. The molecule has 25 heavy (non-hydrogen) atoms. The van der Waals surface area contributed by atoms with Crippen LogP contribution < -0.4 is 10.6 Å². The van der Waals surface area contributed by atoms with Crippen molar-refractivity contribution in [3.05, 3.63) is 39.9 Å². The van der Waals surface area contributed by atoms with Crippen LogP contribution in [0.3, 0.4) is 0 Å². The zero-order valence-electron chi connectivity index (χ0n) is 15.4. The summed E-state index contributed by atoms with van der Waals surface area (Å²) in [5.41, 5.74) is 1.02. The molecule has 0 radical (unpaired) electrons. The standard InChI is InChI=1S/C18H29N5O2/c1-18(2,22-10-5-4-6-11-22)14-21-17(19-3)20-13-15-8-7-9-16(12-15)23(24)25/h7-9,12H,4-6,10-11,13-14H2,1-3H3,(H2,19,20,21). The summed E-state index contributed by atoms with van der Waals surface area (Å²) in [7, 11) is 1.73. The molecule has 1 aromatic rings. The SMILES string of the molecule is CN=C(NCc1cccc([N+](=O)[O-])c1)NCC(C)(C)N1CCCCC1. The molecule has 1 aromatic carbocycles. The molecule has 1 saturated heterocycles. The summed E-state index contributed by atoms with van der Waals surface area (Å²) >= 11 is 0. The number of aliphatic imine (C=N–C) groups is 1. The van der Waals surface area contributed by atoms with Crippen LogP contribution in [0.15, 0.2) is 29.3 Å². The fourth-order valence-electron chi connectivity index (χ4n) is 3.10. The summed E-state index contributed by atoms with van der Waals surface area (Å²) in [6, 6.07) is 6.64. The van der Waals surface area contributed by atoms with Crippen LogP contribution in [0, 0.1) is 10.1 Å². The van der Waals surface area contributed by atoms with Crippen molar-refractivity contribution in [2.45, 2.75) is 45.2 Å². The van der Waals surface area contributed by atoms with Gasteiger partial charge in [0, 0.05) is 37.8 Å². The minimum atomic E-state index is -0.377. The molecule has 7 heteroatoms. The third-order valence-electron chi connectivity index (χ3n) is 4.71. The number of piperidine rings is 1. The molecule has 0 aromatic heterocycles. The lowest BCUT2D eigenvalue weighted by atomic mass is 9.98. The molecule has 1 fully saturated rings. The molecule has 7 nitrogen and oxygen atoms in total. The molecular formula is C18H29N5O2. The quantitative estimate of drug-likeness (QED) is 0.358. The summed E-state index contributed by atoms with van der Waals surface area (Å²) in [4.78, 5) is 17.3. The highest BCUT2D eigenvalue weighted by Gasteiger charge is 2.27. The number of likely N-dealkylation sites (tertiary alicyclic amines) is 1. The summed E-state index contributed by atoms with van der Waals surface area (Å²) < 4.78 is 0. The Labute approximate surface area is 149 Å². The summed E-state index contributed by atoms with van der Waals surface area (Å²) in [5.74, 6) is 0.705. The van der Waals surface area contributed by atoms with E-state index < -0.39 is 0 Å². The van der Waals surface area contributed by atoms with Gasteiger partial charge in [-0.2, -0.15) is 0 Å². The fraction of sp³-hybridized carbons (Fsp3) is 0.611. The number of rotatable bonds is 6. The van der Waals surface area contributed by atoms with Crippen LogP contribution in [0.2, 0.25) is 0 Å². The maximum Gasteiger partial charge on any atom is 0.269 e. The van der Waals surface area contributed by atoms with Crippen LogP contribution in [0.25, 0.3) is 0 Å². The number of hydrogen-bond donors (Lipinski definition) is 2. The van der Waals surface area contributed by atoms with Gasteiger partial charge in [0.15, 0.2) is 5.96 Å². The van der Waals surface area contributed by atoms with E-state index in [9.17, 15) is 10.1 Å². The van der Waals surface area contributed by atoms with Gasteiger partial charge in [0.05, 0.1) is 4.92 Å². The molecule has 0 saturated carbocycles. The van der Waals surface area contributed by atoms with Crippen molar-refractivity contribution in [2.75, 3.05) is 26.7 Å². The largest absolute Gasteiger partial charge is 0.355 e. The van der Waals surface area contributed by atoms with E-state index in [1.54, 1.807) is 19.2 Å². The monoisotopic (exact) mass is 347 g/mol. The topological polar surface area (TPSA) is 82.8 Å². The van der Waals surface area contributed by atoms with Crippen molar-refractivity contribution in [1.29, 1.82) is 0 Å². The van der Waals surface area contributed by atoms with Crippen LogP contribution in [0.4, 0.5) is 5.69 Å². The van der Waals surface area contributed by atoms with Gasteiger partial charge in [-0.25, -0.2) is 0 Å². The first-order valence-corrected chi connectivity index (χ1v) is 8.85. The fourth-order valence-corrected chi connectivity index (χ4v) is 3.10. The maximum absolute atomic E-state index is 10.9. The Morgan fingerprint density at radius 1 is 1.28 bits per heavy atom. The van der Waals surface area contributed by atoms with Gasteiger partial charge in [0.1, 0.15) is 0 Å². The van der Waals surface area contributed by atoms with E-state index in [2.05, 4.69) is 34.4 Å². The second-order valence-electron chi connectivity index (χ2n) is 7.07. The molecule has 0 unspecified atom stereocenters. The molecular weight excluding hydrogens is 318 g/mol. The third kappa shape index (κ3) is 5.70. The Kier molecular flexibility index (Phi) is 6.75. The van der Waals surface area contributed by atoms with Crippen molar-refractivity contribution in [2.24, 2.45) is 4.99 Å². The number of benzene rings is 1. The molecule has 1 aliphatic rings. The van der Waals surface area contributed by atoms with Gasteiger partial charge in [0.2, 0.25) is 0 Å². The average Bonchev–Trinajstić information content (AvgIpc) is 2.63. The summed E-state index contributed by atoms with van der Waals surface area (Å²) in [6.07, 6.45) is 3.86. The van der Waals surface area contributed by atoms with Gasteiger partial charge >= 0.3 is 0 Å². The molecule has 0 amide bonds. The van der Waals surface area contributed by atoms with Crippen LogP contribution in [-0.4, -0.2) is 48.0 Å². The molecule has 0 atom stereocenters. The normalized spacial score (nSPS) is 16.5. The lowest BCUT2D eigenvalue weighted by Gasteiger charge is -2.41. The Morgan fingerprint density at radius 2 is 2.00 bits per heavy atom. The molecule has 2 rings (SSSR count). The lowest BCUT2D eigenvalue weighted by molar-refractivity contribution is -0.384. The minimum absolute atomic E-state index is 0.0591.